The number of allylic oxidation sites excluding steroid dienone is 3. The van der Waals surface area contributed by atoms with Gasteiger partial charge in [-0.05, 0) is 53.3 Å². The molecule has 21 heavy (non-hydrogen) atoms. The second kappa shape index (κ2) is 6.76. The van der Waals surface area contributed by atoms with Crippen LogP contribution in [0.2, 0.25) is 0 Å². The van der Waals surface area contributed by atoms with Crippen LogP contribution in [0.25, 0.3) is 5.57 Å². The van der Waals surface area contributed by atoms with E-state index in [1.165, 1.54) is 11.1 Å². The van der Waals surface area contributed by atoms with Crippen molar-refractivity contribution in [1.82, 2.24) is 0 Å². The fraction of sp³-hybridized carbons (Fsp3) is 0.100. The number of phenolic OH excluding ortho intramolecular Hbond substituents is 1. The van der Waals surface area contributed by atoms with Crippen LogP contribution in [0.4, 0.5) is 0 Å². The molecule has 1 nitrogen and oxygen atoms in total. The van der Waals surface area contributed by atoms with Crippen molar-refractivity contribution in [3.05, 3.63) is 96.1 Å². The van der Waals surface area contributed by atoms with Crippen LogP contribution in [0.1, 0.15) is 23.1 Å². The van der Waals surface area contributed by atoms with Gasteiger partial charge < -0.3 is 5.11 Å². The topological polar surface area (TPSA) is 20.2 Å². The van der Waals surface area contributed by atoms with Crippen molar-refractivity contribution >= 4 is 5.57 Å². The Morgan fingerprint density at radius 3 is 2.29 bits per heavy atom. The highest BCUT2D eigenvalue weighted by atomic mass is 16.3. The number of phenols is 1. The van der Waals surface area contributed by atoms with Gasteiger partial charge in [0.05, 0.1) is 0 Å². The molecule has 0 aliphatic rings. The quantitative estimate of drug-likeness (QED) is 0.583. The Balaban J connectivity index is 2.71. The molecule has 106 valence electrons. The number of hydrogen-bond acceptors (Lipinski definition) is 1. The maximum absolute atomic E-state index is 9.51. The lowest BCUT2D eigenvalue weighted by atomic mass is 9.89. The Morgan fingerprint density at radius 1 is 1.05 bits per heavy atom. The van der Waals surface area contributed by atoms with Crippen molar-refractivity contribution in [2.45, 2.75) is 13.3 Å². The predicted molar refractivity (Wildman–Crippen MR) is 90.3 cm³/mol. The van der Waals surface area contributed by atoms with E-state index in [1.54, 1.807) is 12.1 Å². The molecule has 0 aliphatic carbocycles. The van der Waals surface area contributed by atoms with Crippen LogP contribution in [-0.4, -0.2) is 5.11 Å². The van der Waals surface area contributed by atoms with Gasteiger partial charge in [-0.15, -0.1) is 6.58 Å². The summed E-state index contributed by atoms with van der Waals surface area (Å²) in [7, 11) is 0. The fourth-order valence-corrected chi connectivity index (χ4v) is 2.44. The first-order valence-corrected chi connectivity index (χ1v) is 6.99. The van der Waals surface area contributed by atoms with E-state index < -0.39 is 0 Å². The number of rotatable bonds is 5. The summed E-state index contributed by atoms with van der Waals surface area (Å²) in [6.07, 6.45) is 4.53. The van der Waals surface area contributed by atoms with Crippen molar-refractivity contribution in [2.75, 3.05) is 0 Å². The molecular formula is C20H20O. The van der Waals surface area contributed by atoms with Crippen molar-refractivity contribution < 1.29 is 5.11 Å². The molecule has 0 unspecified atom stereocenters. The molecule has 0 atom stereocenters. The van der Waals surface area contributed by atoms with Crippen LogP contribution in [-0.2, 0) is 0 Å². The lowest BCUT2D eigenvalue weighted by molar-refractivity contribution is 0.475. The molecule has 0 saturated heterocycles. The molecule has 0 bridgehead atoms. The van der Waals surface area contributed by atoms with Crippen LogP contribution in [0.5, 0.6) is 5.75 Å². The second-order valence-electron chi connectivity index (χ2n) is 4.96. The number of aryl methyl sites for hydroxylation is 1. The molecule has 0 amide bonds. The lowest BCUT2D eigenvalue weighted by Crippen LogP contribution is -1.95. The van der Waals surface area contributed by atoms with Gasteiger partial charge in [0.2, 0.25) is 0 Å². The van der Waals surface area contributed by atoms with Gasteiger partial charge in [0, 0.05) is 0 Å². The summed E-state index contributed by atoms with van der Waals surface area (Å²) in [5, 5.41) is 9.51. The van der Waals surface area contributed by atoms with Gasteiger partial charge in [-0.3, -0.25) is 0 Å². The second-order valence-corrected chi connectivity index (χ2v) is 4.96. The molecule has 0 fully saturated rings. The largest absolute Gasteiger partial charge is 0.508 e. The molecule has 1 heteroatoms. The van der Waals surface area contributed by atoms with Crippen LogP contribution < -0.4 is 0 Å². The maximum Gasteiger partial charge on any atom is 0.115 e. The van der Waals surface area contributed by atoms with Crippen LogP contribution in [0.15, 0.2) is 79.4 Å². The van der Waals surface area contributed by atoms with Crippen LogP contribution >= 0.6 is 0 Å². The van der Waals surface area contributed by atoms with E-state index >= 15 is 0 Å². The smallest absolute Gasteiger partial charge is 0.115 e. The van der Waals surface area contributed by atoms with Crippen molar-refractivity contribution in [1.29, 1.82) is 0 Å². The normalized spacial score (nSPS) is 11.7. The summed E-state index contributed by atoms with van der Waals surface area (Å²) in [5.41, 5.74) is 5.73. The third-order valence-corrected chi connectivity index (χ3v) is 3.50. The molecule has 0 aliphatic heterocycles. The van der Waals surface area contributed by atoms with E-state index in [0.717, 1.165) is 23.1 Å². The van der Waals surface area contributed by atoms with Crippen molar-refractivity contribution in [2.24, 2.45) is 0 Å². The highest BCUT2D eigenvalue weighted by Gasteiger charge is 2.11. The third kappa shape index (κ3) is 3.32. The number of hydrogen-bond donors (Lipinski definition) is 1. The fourth-order valence-electron chi connectivity index (χ4n) is 2.44. The molecule has 0 spiro atoms. The summed E-state index contributed by atoms with van der Waals surface area (Å²) in [4.78, 5) is 0. The monoisotopic (exact) mass is 276 g/mol. The minimum Gasteiger partial charge on any atom is -0.508 e. The first kappa shape index (κ1) is 14.9. The lowest BCUT2D eigenvalue weighted by Gasteiger charge is -2.15. The molecule has 0 aromatic heterocycles. The number of benzene rings is 2. The minimum atomic E-state index is 0.270. The third-order valence-electron chi connectivity index (χ3n) is 3.50. The van der Waals surface area contributed by atoms with Crippen LogP contribution in [0.3, 0.4) is 0 Å². The van der Waals surface area contributed by atoms with Gasteiger partial charge in [-0.2, -0.15) is 0 Å². The summed E-state index contributed by atoms with van der Waals surface area (Å²) in [5.74, 6) is 0.270. The highest BCUT2D eigenvalue weighted by Crippen LogP contribution is 2.32. The molecular weight excluding hydrogens is 256 g/mol. The maximum atomic E-state index is 9.51. The SMILES string of the molecule is C=CC/C(C=C)=C(/c1ccc(O)cc1)c1ccccc1C. The van der Waals surface area contributed by atoms with Crippen LogP contribution in [0, 0.1) is 6.92 Å². The molecule has 2 rings (SSSR count). The van der Waals surface area contributed by atoms with E-state index in [-0.39, 0.29) is 5.75 Å². The zero-order valence-electron chi connectivity index (χ0n) is 12.3. The van der Waals surface area contributed by atoms with Gasteiger partial charge in [-0.25, -0.2) is 0 Å². The van der Waals surface area contributed by atoms with E-state index in [2.05, 4.69) is 32.2 Å². The van der Waals surface area contributed by atoms with Gasteiger partial charge >= 0.3 is 0 Å². The Morgan fingerprint density at radius 2 is 1.71 bits per heavy atom. The summed E-state index contributed by atoms with van der Waals surface area (Å²) < 4.78 is 0. The number of aromatic hydroxyl groups is 1. The minimum absolute atomic E-state index is 0.270. The standard InChI is InChI=1S/C20H20O/c1-4-8-16(5-2)20(17-11-13-18(21)14-12-17)19-10-7-6-9-15(19)3/h4-7,9-14,21H,1-2,8H2,3H3/b20-16-. The van der Waals surface area contributed by atoms with Crippen molar-refractivity contribution in [3.8, 4) is 5.75 Å². The average molecular weight is 276 g/mol. The van der Waals surface area contributed by atoms with E-state index in [0.29, 0.717) is 0 Å². The molecule has 0 radical (unpaired) electrons. The van der Waals surface area contributed by atoms with E-state index in [9.17, 15) is 5.11 Å². The summed E-state index contributed by atoms with van der Waals surface area (Å²) in [6, 6.07) is 15.6. The summed E-state index contributed by atoms with van der Waals surface area (Å²) >= 11 is 0. The molecule has 0 heterocycles. The van der Waals surface area contributed by atoms with Crippen molar-refractivity contribution in [3.63, 3.8) is 0 Å². The zero-order valence-corrected chi connectivity index (χ0v) is 12.3. The Kier molecular flexibility index (Phi) is 4.78. The van der Waals surface area contributed by atoms with E-state index in [4.69, 9.17) is 0 Å². The molecule has 2 aromatic rings. The van der Waals surface area contributed by atoms with Gasteiger partial charge in [0.15, 0.2) is 0 Å². The Bertz CT molecular complexity index is 675. The van der Waals surface area contributed by atoms with E-state index in [1.807, 2.05) is 36.4 Å². The first-order chi connectivity index (χ1) is 10.2. The van der Waals surface area contributed by atoms with Gasteiger partial charge in [0.1, 0.15) is 5.75 Å². The highest BCUT2D eigenvalue weighted by molar-refractivity contribution is 5.85. The molecule has 2 aromatic carbocycles. The average Bonchev–Trinajstić information content (AvgIpc) is 2.50. The Hall–Kier alpha value is -2.54. The zero-order chi connectivity index (χ0) is 15.2. The van der Waals surface area contributed by atoms with Gasteiger partial charge in [0.25, 0.3) is 0 Å². The molecule has 0 saturated carbocycles. The Labute approximate surface area is 126 Å². The first-order valence-electron chi connectivity index (χ1n) is 6.99. The predicted octanol–water partition coefficient (Wildman–Crippen LogP) is 5.26. The summed E-state index contributed by atoms with van der Waals surface area (Å²) in [6.45, 7) is 9.88. The molecule has 1 N–H and O–H groups in total. The van der Waals surface area contributed by atoms with Gasteiger partial charge in [-0.1, -0.05) is 55.1 Å².